The zero-order chi connectivity index (χ0) is 12.1. The molecular weight excluding hydrogens is 228 g/mol. The topological polar surface area (TPSA) is 43.4 Å². The van der Waals surface area contributed by atoms with Crippen LogP contribution in [0.25, 0.3) is 5.57 Å². The number of hydrogen-bond donors (Lipinski definition) is 0. The third kappa shape index (κ3) is 2.49. The second-order valence-corrected chi connectivity index (χ2v) is 3.48. The molecule has 0 aromatic heterocycles. The largest absolute Gasteiger partial charge is 0.465 e. The Balaban J connectivity index is 3.31. The van der Waals surface area contributed by atoms with Crippen LogP contribution in [-0.4, -0.2) is 19.4 Å². The molecule has 0 fully saturated rings. The minimum Gasteiger partial charge on any atom is -0.465 e. The number of carbonyl (C=O) groups is 2. The Morgan fingerprint density at radius 2 is 2.12 bits per heavy atom. The van der Waals surface area contributed by atoms with Crippen molar-refractivity contribution >= 4 is 29.4 Å². The van der Waals surface area contributed by atoms with Crippen LogP contribution in [0, 0.1) is 0 Å². The van der Waals surface area contributed by atoms with Crippen molar-refractivity contribution in [2.24, 2.45) is 0 Å². The third-order valence-electron chi connectivity index (χ3n) is 2.12. The van der Waals surface area contributed by atoms with E-state index in [-0.39, 0.29) is 0 Å². The van der Waals surface area contributed by atoms with Crippen LogP contribution in [-0.2, 0) is 9.53 Å². The lowest BCUT2D eigenvalue weighted by molar-refractivity contribution is -0.133. The molecule has 4 heteroatoms. The number of ether oxygens (including phenoxy) is 1. The lowest BCUT2D eigenvalue weighted by Gasteiger charge is -2.07. The Morgan fingerprint density at radius 3 is 2.62 bits per heavy atom. The van der Waals surface area contributed by atoms with Gasteiger partial charge in [0, 0.05) is 10.6 Å². The molecule has 0 aliphatic rings. The van der Waals surface area contributed by atoms with Crippen LogP contribution in [0.5, 0.6) is 0 Å². The zero-order valence-corrected chi connectivity index (χ0v) is 9.75. The number of benzene rings is 1. The van der Waals surface area contributed by atoms with Crippen molar-refractivity contribution in [2.75, 3.05) is 7.11 Å². The Labute approximate surface area is 98.7 Å². The van der Waals surface area contributed by atoms with E-state index in [9.17, 15) is 9.59 Å². The van der Waals surface area contributed by atoms with Crippen LogP contribution in [0.1, 0.15) is 22.8 Å². The van der Waals surface area contributed by atoms with Gasteiger partial charge in [-0.25, -0.2) is 4.79 Å². The van der Waals surface area contributed by atoms with Gasteiger partial charge >= 0.3 is 5.97 Å². The SMILES string of the molecule is CC=C(C(=O)OC)c1ccc(Cl)cc1C=O. The lowest BCUT2D eigenvalue weighted by atomic mass is 10.0. The van der Waals surface area contributed by atoms with E-state index >= 15 is 0 Å². The van der Waals surface area contributed by atoms with Gasteiger partial charge in [0.15, 0.2) is 6.29 Å². The third-order valence-corrected chi connectivity index (χ3v) is 2.36. The smallest absolute Gasteiger partial charge is 0.338 e. The molecule has 0 saturated heterocycles. The Bertz CT molecular complexity index is 450. The first kappa shape index (κ1) is 12.5. The van der Waals surface area contributed by atoms with Crippen molar-refractivity contribution in [1.29, 1.82) is 0 Å². The summed E-state index contributed by atoms with van der Waals surface area (Å²) in [5.41, 5.74) is 1.24. The molecule has 3 nitrogen and oxygen atoms in total. The zero-order valence-electron chi connectivity index (χ0n) is 8.99. The van der Waals surface area contributed by atoms with Crippen molar-refractivity contribution in [3.05, 3.63) is 40.4 Å². The highest BCUT2D eigenvalue weighted by Gasteiger charge is 2.14. The van der Waals surface area contributed by atoms with E-state index in [1.807, 2.05) is 0 Å². The van der Waals surface area contributed by atoms with Gasteiger partial charge in [0.25, 0.3) is 0 Å². The van der Waals surface area contributed by atoms with Gasteiger partial charge in [-0.05, 0) is 24.6 Å². The first-order valence-electron chi connectivity index (χ1n) is 4.63. The van der Waals surface area contributed by atoms with Gasteiger partial charge in [0.05, 0.1) is 12.7 Å². The molecule has 0 saturated carbocycles. The molecule has 0 aliphatic carbocycles. The summed E-state index contributed by atoms with van der Waals surface area (Å²) in [5, 5.41) is 0.450. The highest BCUT2D eigenvalue weighted by atomic mass is 35.5. The molecule has 16 heavy (non-hydrogen) atoms. The highest BCUT2D eigenvalue weighted by molar-refractivity contribution is 6.31. The van der Waals surface area contributed by atoms with E-state index in [0.29, 0.717) is 28.0 Å². The molecule has 1 rings (SSSR count). The summed E-state index contributed by atoms with van der Waals surface area (Å²) in [6.07, 6.45) is 2.26. The van der Waals surface area contributed by atoms with Crippen LogP contribution < -0.4 is 0 Å². The monoisotopic (exact) mass is 238 g/mol. The van der Waals surface area contributed by atoms with Gasteiger partial charge in [0.1, 0.15) is 0 Å². The first-order valence-corrected chi connectivity index (χ1v) is 5.01. The number of hydrogen-bond acceptors (Lipinski definition) is 3. The summed E-state index contributed by atoms with van der Waals surface area (Å²) in [6, 6.07) is 4.75. The van der Waals surface area contributed by atoms with Crippen LogP contribution in [0.3, 0.4) is 0 Å². The fraction of sp³-hybridized carbons (Fsp3) is 0.167. The number of halogens is 1. The molecule has 0 N–H and O–H groups in total. The molecule has 0 spiro atoms. The van der Waals surface area contributed by atoms with E-state index in [1.165, 1.54) is 13.2 Å². The molecule has 0 bridgehead atoms. The maximum atomic E-state index is 11.5. The maximum absolute atomic E-state index is 11.5. The maximum Gasteiger partial charge on any atom is 0.338 e. The van der Waals surface area contributed by atoms with Crippen molar-refractivity contribution in [3.63, 3.8) is 0 Å². The Hall–Kier alpha value is -1.61. The minimum absolute atomic E-state index is 0.348. The fourth-order valence-electron chi connectivity index (χ4n) is 1.37. The summed E-state index contributed by atoms with van der Waals surface area (Å²) in [6.45, 7) is 1.70. The molecule has 1 aromatic rings. The van der Waals surface area contributed by atoms with Gasteiger partial charge in [-0.3, -0.25) is 4.79 Å². The number of esters is 1. The number of aldehydes is 1. The summed E-state index contributed by atoms with van der Waals surface area (Å²) in [7, 11) is 1.29. The van der Waals surface area contributed by atoms with Crippen molar-refractivity contribution < 1.29 is 14.3 Å². The average molecular weight is 239 g/mol. The highest BCUT2D eigenvalue weighted by Crippen LogP contribution is 2.22. The lowest BCUT2D eigenvalue weighted by Crippen LogP contribution is -2.05. The van der Waals surface area contributed by atoms with E-state index in [1.54, 1.807) is 25.1 Å². The van der Waals surface area contributed by atoms with E-state index in [0.717, 1.165) is 0 Å². The number of methoxy groups -OCH3 is 1. The van der Waals surface area contributed by atoms with Gasteiger partial charge in [0.2, 0.25) is 0 Å². The molecule has 0 amide bonds. The molecule has 1 aromatic carbocycles. The summed E-state index contributed by atoms with van der Waals surface area (Å²) in [5.74, 6) is -0.479. The van der Waals surface area contributed by atoms with E-state index < -0.39 is 5.97 Å². The summed E-state index contributed by atoms with van der Waals surface area (Å²) in [4.78, 5) is 22.3. The molecule has 0 radical (unpaired) electrons. The molecule has 0 unspecified atom stereocenters. The molecule has 0 atom stereocenters. The fourth-order valence-corrected chi connectivity index (χ4v) is 1.55. The van der Waals surface area contributed by atoms with Gasteiger partial charge in [-0.1, -0.05) is 23.7 Å². The van der Waals surface area contributed by atoms with Crippen molar-refractivity contribution in [3.8, 4) is 0 Å². The van der Waals surface area contributed by atoms with Gasteiger partial charge < -0.3 is 4.74 Å². The standard InChI is InChI=1S/C12H11ClO3/c1-3-10(12(15)16-2)11-5-4-9(13)6-8(11)7-14/h3-7H,1-2H3. The van der Waals surface area contributed by atoms with E-state index in [2.05, 4.69) is 4.74 Å². The quantitative estimate of drug-likeness (QED) is 0.462. The summed E-state index contributed by atoms with van der Waals surface area (Å²) >= 11 is 5.76. The molecular formula is C12H11ClO3. The van der Waals surface area contributed by atoms with Crippen LogP contribution in [0.4, 0.5) is 0 Å². The van der Waals surface area contributed by atoms with Crippen LogP contribution >= 0.6 is 11.6 Å². The van der Waals surface area contributed by atoms with Crippen LogP contribution in [0.2, 0.25) is 5.02 Å². The van der Waals surface area contributed by atoms with Crippen molar-refractivity contribution in [2.45, 2.75) is 6.92 Å². The second-order valence-electron chi connectivity index (χ2n) is 3.04. The number of carbonyl (C=O) groups excluding carboxylic acids is 2. The Morgan fingerprint density at radius 1 is 1.44 bits per heavy atom. The minimum atomic E-state index is -0.479. The Kier molecular flexibility index (Phi) is 4.26. The molecule has 0 aliphatic heterocycles. The van der Waals surface area contributed by atoms with Gasteiger partial charge in [-0.2, -0.15) is 0 Å². The first-order chi connectivity index (χ1) is 7.63. The van der Waals surface area contributed by atoms with E-state index in [4.69, 9.17) is 11.6 Å². The predicted octanol–water partition coefficient (Wildman–Crippen LogP) is 2.73. The average Bonchev–Trinajstić information content (AvgIpc) is 2.31. The normalized spacial score (nSPS) is 11.1. The predicted molar refractivity (Wildman–Crippen MR) is 62.5 cm³/mol. The van der Waals surface area contributed by atoms with Crippen LogP contribution in [0.15, 0.2) is 24.3 Å². The molecule has 0 heterocycles. The van der Waals surface area contributed by atoms with Gasteiger partial charge in [-0.15, -0.1) is 0 Å². The van der Waals surface area contributed by atoms with Crippen molar-refractivity contribution in [1.82, 2.24) is 0 Å². The summed E-state index contributed by atoms with van der Waals surface area (Å²) < 4.78 is 4.63. The number of allylic oxidation sites excluding steroid dienone is 1. The number of rotatable bonds is 3. The molecule has 84 valence electrons. The second kappa shape index (κ2) is 5.47.